The van der Waals surface area contributed by atoms with Crippen molar-refractivity contribution in [3.8, 4) is 0 Å². The van der Waals surface area contributed by atoms with Crippen molar-refractivity contribution in [3.05, 3.63) is 29.8 Å². The van der Waals surface area contributed by atoms with Crippen LogP contribution in [0.2, 0.25) is 0 Å². The molecule has 0 N–H and O–H groups in total. The standard InChI is InChI=1S/C18H22N2O6S/c1-2-26-18(23)13-7-10-19(11-8-13)16(21)9-12-20-17(22)14-5-3-4-6-15(14)27(20,24)25/h3-6,13H,2,7-12H2,1H3. The molecule has 2 heterocycles. The summed E-state index contributed by atoms with van der Waals surface area (Å²) in [4.78, 5) is 38.1. The third-order valence-electron chi connectivity index (χ3n) is 4.91. The van der Waals surface area contributed by atoms with Crippen LogP contribution in [0.25, 0.3) is 0 Å². The highest BCUT2D eigenvalue weighted by Gasteiger charge is 2.41. The van der Waals surface area contributed by atoms with Gasteiger partial charge in [-0.2, -0.15) is 0 Å². The van der Waals surface area contributed by atoms with Crippen LogP contribution in [0, 0.1) is 5.92 Å². The zero-order valence-electron chi connectivity index (χ0n) is 15.1. The number of likely N-dealkylation sites (tertiary alicyclic amines) is 1. The summed E-state index contributed by atoms with van der Waals surface area (Å²) in [5, 5.41) is 0. The lowest BCUT2D eigenvalue weighted by Gasteiger charge is -2.31. The highest BCUT2D eigenvalue weighted by Crippen LogP contribution is 2.30. The van der Waals surface area contributed by atoms with Gasteiger partial charge in [0.25, 0.3) is 15.9 Å². The number of nitrogens with zero attached hydrogens (tertiary/aromatic N) is 2. The molecule has 1 aromatic carbocycles. The molecule has 0 aromatic heterocycles. The molecular formula is C18H22N2O6S. The van der Waals surface area contributed by atoms with E-state index < -0.39 is 15.9 Å². The zero-order valence-corrected chi connectivity index (χ0v) is 15.9. The van der Waals surface area contributed by atoms with E-state index in [4.69, 9.17) is 4.74 Å². The van der Waals surface area contributed by atoms with Crippen molar-refractivity contribution in [2.45, 2.75) is 31.1 Å². The summed E-state index contributed by atoms with van der Waals surface area (Å²) < 4.78 is 30.8. The highest BCUT2D eigenvalue weighted by atomic mass is 32.2. The minimum atomic E-state index is -3.90. The minimum Gasteiger partial charge on any atom is -0.466 e. The van der Waals surface area contributed by atoms with Gasteiger partial charge in [-0.1, -0.05) is 12.1 Å². The van der Waals surface area contributed by atoms with Crippen molar-refractivity contribution in [2.75, 3.05) is 26.2 Å². The van der Waals surface area contributed by atoms with Crippen LogP contribution < -0.4 is 0 Å². The first-order valence-electron chi connectivity index (χ1n) is 8.96. The smallest absolute Gasteiger partial charge is 0.309 e. The molecule has 1 fully saturated rings. The fourth-order valence-corrected chi connectivity index (χ4v) is 5.00. The topological polar surface area (TPSA) is 101 Å². The Balaban J connectivity index is 1.56. The van der Waals surface area contributed by atoms with Gasteiger partial charge in [-0.05, 0) is 31.9 Å². The Morgan fingerprint density at radius 3 is 2.48 bits per heavy atom. The predicted molar refractivity (Wildman–Crippen MR) is 95.2 cm³/mol. The van der Waals surface area contributed by atoms with E-state index >= 15 is 0 Å². The number of fused-ring (bicyclic) bond motifs is 1. The number of benzene rings is 1. The fraction of sp³-hybridized carbons (Fsp3) is 0.500. The third-order valence-corrected chi connectivity index (χ3v) is 6.75. The molecule has 0 atom stereocenters. The second-order valence-electron chi connectivity index (χ2n) is 6.54. The van der Waals surface area contributed by atoms with Crippen LogP contribution in [-0.4, -0.2) is 61.6 Å². The molecule has 1 aromatic rings. The molecule has 2 aliphatic heterocycles. The average molecular weight is 394 g/mol. The number of hydrogen-bond acceptors (Lipinski definition) is 6. The summed E-state index contributed by atoms with van der Waals surface area (Å²) in [6, 6.07) is 6.03. The van der Waals surface area contributed by atoms with Crippen LogP contribution >= 0.6 is 0 Å². The number of esters is 1. The molecule has 27 heavy (non-hydrogen) atoms. The summed E-state index contributed by atoms with van der Waals surface area (Å²) in [7, 11) is -3.90. The Morgan fingerprint density at radius 1 is 1.19 bits per heavy atom. The van der Waals surface area contributed by atoms with Gasteiger partial charge in [0.2, 0.25) is 5.91 Å². The molecule has 0 bridgehead atoms. The second kappa shape index (κ2) is 7.67. The van der Waals surface area contributed by atoms with Gasteiger partial charge in [0.1, 0.15) is 4.90 Å². The summed E-state index contributed by atoms with van der Waals surface area (Å²) in [6.45, 7) is 2.74. The quantitative estimate of drug-likeness (QED) is 0.691. The number of rotatable bonds is 5. The molecule has 1 saturated heterocycles. The molecule has 0 spiro atoms. The summed E-state index contributed by atoms with van der Waals surface area (Å²) in [5.74, 6) is -1.27. The minimum absolute atomic E-state index is 0.0160. The van der Waals surface area contributed by atoms with E-state index in [0.29, 0.717) is 32.5 Å². The second-order valence-corrected chi connectivity index (χ2v) is 8.37. The average Bonchev–Trinajstić information content (AvgIpc) is 2.86. The largest absolute Gasteiger partial charge is 0.466 e. The Labute approximate surface area is 158 Å². The van der Waals surface area contributed by atoms with Crippen molar-refractivity contribution in [1.29, 1.82) is 0 Å². The first-order valence-corrected chi connectivity index (χ1v) is 10.4. The molecule has 2 amide bonds. The van der Waals surface area contributed by atoms with E-state index in [1.165, 1.54) is 12.1 Å². The van der Waals surface area contributed by atoms with Gasteiger partial charge in [0, 0.05) is 26.1 Å². The van der Waals surface area contributed by atoms with Crippen LogP contribution in [0.4, 0.5) is 0 Å². The molecule has 146 valence electrons. The Hall–Kier alpha value is -2.42. The predicted octanol–water partition coefficient (Wildman–Crippen LogP) is 1.02. The molecule has 0 unspecified atom stereocenters. The maximum atomic E-state index is 12.5. The van der Waals surface area contributed by atoms with Gasteiger partial charge in [-0.25, -0.2) is 12.7 Å². The summed E-state index contributed by atoms with van der Waals surface area (Å²) in [6.07, 6.45) is 0.969. The molecule has 9 heteroatoms. The van der Waals surface area contributed by atoms with E-state index in [-0.39, 0.29) is 41.2 Å². The molecule has 0 saturated carbocycles. The molecule has 0 radical (unpaired) electrons. The van der Waals surface area contributed by atoms with Crippen LogP contribution in [0.3, 0.4) is 0 Å². The van der Waals surface area contributed by atoms with E-state index in [1.54, 1.807) is 24.0 Å². The lowest BCUT2D eigenvalue weighted by molar-refractivity contribution is -0.151. The van der Waals surface area contributed by atoms with Crippen molar-refractivity contribution in [1.82, 2.24) is 9.21 Å². The van der Waals surface area contributed by atoms with Crippen LogP contribution in [0.1, 0.15) is 36.5 Å². The first-order chi connectivity index (χ1) is 12.9. The monoisotopic (exact) mass is 394 g/mol. The number of sulfonamides is 1. The van der Waals surface area contributed by atoms with Crippen LogP contribution in [0.5, 0.6) is 0 Å². The summed E-state index contributed by atoms with van der Waals surface area (Å²) >= 11 is 0. The third kappa shape index (κ3) is 3.69. The van der Waals surface area contributed by atoms with Crippen molar-refractivity contribution in [2.24, 2.45) is 5.92 Å². The number of hydrogen-bond donors (Lipinski definition) is 0. The Kier molecular flexibility index (Phi) is 5.50. The lowest BCUT2D eigenvalue weighted by Crippen LogP contribution is -2.42. The zero-order chi connectivity index (χ0) is 19.6. The van der Waals surface area contributed by atoms with Gasteiger partial charge in [0.05, 0.1) is 18.1 Å². The van der Waals surface area contributed by atoms with Crippen LogP contribution in [-0.2, 0) is 24.3 Å². The van der Waals surface area contributed by atoms with Crippen molar-refractivity contribution in [3.63, 3.8) is 0 Å². The van der Waals surface area contributed by atoms with Crippen LogP contribution in [0.15, 0.2) is 29.2 Å². The van der Waals surface area contributed by atoms with Gasteiger partial charge in [-0.3, -0.25) is 14.4 Å². The van der Waals surface area contributed by atoms with E-state index in [2.05, 4.69) is 0 Å². The molecular weight excluding hydrogens is 372 g/mol. The number of piperidine rings is 1. The number of carbonyl (C=O) groups is 3. The van der Waals surface area contributed by atoms with Gasteiger partial charge in [0.15, 0.2) is 0 Å². The normalized spacial score (nSPS) is 19.1. The van der Waals surface area contributed by atoms with E-state index in [9.17, 15) is 22.8 Å². The maximum Gasteiger partial charge on any atom is 0.309 e. The molecule has 3 rings (SSSR count). The maximum absolute atomic E-state index is 12.5. The summed E-state index contributed by atoms with van der Waals surface area (Å²) in [5.41, 5.74) is 0.139. The van der Waals surface area contributed by atoms with Gasteiger partial charge < -0.3 is 9.64 Å². The van der Waals surface area contributed by atoms with E-state index in [0.717, 1.165) is 4.31 Å². The molecule has 2 aliphatic rings. The van der Waals surface area contributed by atoms with Gasteiger partial charge >= 0.3 is 5.97 Å². The van der Waals surface area contributed by atoms with Crippen molar-refractivity contribution < 1.29 is 27.5 Å². The first kappa shape index (κ1) is 19.3. The number of carbonyl (C=O) groups excluding carboxylic acids is 3. The highest BCUT2D eigenvalue weighted by molar-refractivity contribution is 7.90. The van der Waals surface area contributed by atoms with Crippen molar-refractivity contribution >= 4 is 27.8 Å². The lowest BCUT2D eigenvalue weighted by atomic mass is 9.97. The molecule has 0 aliphatic carbocycles. The fourth-order valence-electron chi connectivity index (χ4n) is 3.43. The molecule has 8 nitrogen and oxygen atoms in total. The Bertz CT molecular complexity index is 858. The SMILES string of the molecule is CCOC(=O)C1CCN(C(=O)CCN2C(=O)c3ccccc3S2(=O)=O)CC1. The number of amides is 2. The van der Waals surface area contributed by atoms with E-state index in [1.807, 2.05) is 0 Å². The Morgan fingerprint density at radius 2 is 1.85 bits per heavy atom. The van der Waals surface area contributed by atoms with Gasteiger partial charge in [-0.15, -0.1) is 0 Å². The number of ether oxygens (including phenoxy) is 1.